The second-order valence-corrected chi connectivity index (χ2v) is 15.7. The van der Waals surface area contributed by atoms with Crippen molar-refractivity contribution < 1.29 is 13.6 Å². The molecule has 0 amide bonds. The van der Waals surface area contributed by atoms with Gasteiger partial charge in [-0.25, -0.2) is 0 Å². The molecular weight excluding hydrogens is 749 g/mol. The number of hydrogen-bond donors (Lipinski definition) is 0. The molecule has 0 atom stereocenters. The van der Waals surface area contributed by atoms with E-state index in [0.29, 0.717) is 0 Å². The molecule has 0 aliphatic carbocycles. The van der Waals surface area contributed by atoms with Crippen molar-refractivity contribution in [2.45, 2.75) is 0 Å². The van der Waals surface area contributed by atoms with E-state index < -0.39 is 0 Å². The van der Waals surface area contributed by atoms with E-state index in [0.717, 1.165) is 122 Å². The summed E-state index contributed by atoms with van der Waals surface area (Å²) in [7, 11) is 0. The van der Waals surface area contributed by atoms with Crippen LogP contribution in [0.1, 0.15) is 0 Å². The summed E-state index contributed by atoms with van der Waals surface area (Å²) >= 11 is 0. The van der Waals surface area contributed by atoms with Gasteiger partial charge >= 0.3 is 0 Å². The Morgan fingerprint density at radius 1 is 0.311 bits per heavy atom. The molecular formula is C56H34N2O3. The van der Waals surface area contributed by atoms with Crippen LogP contribution in [-0.2, 0) is 0 Å². The highest BCUT2D eigenvalue weighted by molar-refractivity contribution is 6.18. The van der Waals surface area contributed by atoms with Crippen molar-refractivity contribution in [2.75, 3.05) is 9.80 Å². The minimum absolute atomic E-state index is 0.808. The lowest BCUT2D eigenvalue weighted by atomic mass is 9.90. The van der Waals surface area contributed by atoms with Crippen LogP contribution in [0.4, 0.5) is 34.1 Å². The van der Waals surface area contributed by atoms with Crippen LogP contribution in [0.3, 0.4) is 0 Å². The van der Waals surface area contributed by atoms with Gasteiger partial charge in [-0.15, -0.1) is 0 Å². The van der Waals surface area contributed by atoms with Crippen molar-refractivity contribution in [1.29, 1.82) is 0 Å². The van der Waals surface area contributed by atoms with E-state index in [4.69, 9.17) is 13.6 Å². The van der Waals surface area contributed by atoms with Crippen molar-refractivity contribution in [3.63, 3.8) is 0 Å². The summed E-state index contributed by atoms with van der Waals surface area (Å²) < 4.78 is 19.8. The summed E-state index contributed by atoms with van der Waals surface area (Å²) in [6.45, 7) is 0. The van der Waals surface area contributed by atoms with Crippen LogP contribution >= 0.6 is 0 Å². The molecule has 0 unspecified atom stereocenters. The molecule has 0 spiro atoms. The molecule has 0 N–H and O–H groups in total. The molecule has 2 aromatic heterocycles. The van der Waals surface area contributed by atoms with Crippen LogP contribution < -0.4 is 14.5 Å². The summed E-state index contributed by atoms with van der Waals surface area (Å²) in [6, 6.07) is 72.4. The number of furan rings is 2. The molecule has 1 aliphatic rings. The lowest BCUT2D eigenvalue weighted by Gasteiger charge is -2.28. The van der Waals surface area contributed by atoms with Gasteiger partial charge in [0.05, 0.1) is 11.4 Å². The highest BCUT2D eigenvalue weighted by atomic mass is 16.5. The van der Waals surface area contributed by atoms with Crippen molar-refractivity contribution in [3.8, 4) is 22.6 Å². The first-order chi connectivity index (χ1) is 30.2. The Kier molecular flexibility index (Phi) is 7.24. The van der Waals surface area contributed by atoms with Crippen molar-refractivity contribution in [2.24, 2.45) is 0 Å². The molecule has 3 heterocycles. The standard InChI is InChI=1S/C56H34N2O3/c1-3-13-36(14-4-1)57(39-27-29-43-41-17-7-9-22-50(41)59-53(43)33-39)38-26-25-35-31-48-44-30-28-40(34-54(44)60-52-24-12-19-45(55(48)52)47(35)32-38)58(37-15-5-2-6-16-37)49-21-11-20-46-42-18-8-10-23-51(42)61-56(46)49/h1-34H. The molecule has 1 aliphatic heterocycles. The fourth-order valence-corrected chi connectivity index (χ4v) is 9.47. The van der Waals surface area contributed by atoms with E-state index in [1.165, 1.54) is 0 Å². The molecule has 13 rings (SSSR count). The number of fused-ring (bicyclic) bond motifs is 10. The fraction of sp³-hybridized carbons (Fsp3) is 0. The number of anilines is 6. The highest BCUT2D eigenvalue weighted by Crippen LogP contribution is 2.52. The summed E-state index contributed by atoms with van der Waals surface area (Å²) in [4.78, 5) is 4.57. The number of rotatable bonds is 6. The largest absolute Gasteiger partial charge is 0.456 e. The number of para-hydroxylation sites is 5. The van der Waals surface area contributed by atoms with Crippen molar-refractivity contribution >= 4 is 99.5 Å². The smallest absolute Gasteiger partial charge is 0.159 e. The third-order valence-corrected chi connectivity index (χ3v) is 12.2. The third kappa shape index (κ3) is 5.21. The van der Waals surface area contributed by atoms with Gasteiger partial charge in [0.1, 0.15) is 28.2 Å². The van der Waals surface area contributed by atoms with Gasteiger partial charge in [0.25, 0.3) is 0 Å². The molecule has 0 bridgehead atoms. The minimum Gasteiger partial charge on any atom is -0.456 e. The first kappa shape index (κ1) is 33.7. The number of benzene rings is 10. The maximum absolute atomic E-state index is 6.91. The predicted molar refractivity (Wildman–Crippen MR) is 251 cm³/mol. The van der Waals surface area contributed by atoms with E-state index in [2.05, 4.69) is 186 Å². The Balaban J connectivity index is 0.951. The average molecular weight is 783 g/mol. The van der Waals surface area contributed by atoms with E-state index >= 15 is 0 Å². The first-order valence-corrected chi connectivity index (χ1v) is 20.6. The summed E-state index contributed by atoms with van der Waals surface area (Å²) in [5.74, 6) is 1.65. The molecule has 0 saturated heterocycles. The van der Waals surface area contributed by atoms with E-state index in [-0.39, 0.29) is 0 Å². The number of hydrogen-bond acceptors (Lipinski definition) is 5. The molecule has 0 fully saturated rings. The summed E-state index contributed by atoms with van der Waals surface area (Å²) in [5.41, 5.74) is 11.8. The van der Waals surface area contributed by atoms with Gasteiger partial charge in [-0.05, 0) is 113 Å². The Bertz CT molecular complexity index is 3700. The zero-order valence-corrected chi connectivity index (χ0v) is 32.7. The molecule has 12 aromatic rings. The second-order valence-electron chi connectivity index (χ2n) is 15.7. The Morgan fingerprint density at radius 3 is 1.74 bits per heavy atom. The lowest BCUT2D eigenvalue weighted by molar-refractivity contribution is 0.487. The van der Waals surface area contributed by atoms with Gasteiger partial charge in [-0.2, -0.15) is 0 Å². The summed E-state index contributed by atoms with van der Waals surface area (Å²) in [5, 5.41) is 8.97. The van der Waals surface area contributed by atoms with Gasteiger partial charge in [-0.3, -0.25) is 0 Å². The van der Waals surface area contributed by atoms with Crippen LogP contribution in [0.25, 0.3) is 76.5 Å². The van der Waals surface area contributed by atoms with Gasteiger partial charge in [0.15, 0.2) is 5.58 Å². The SMILES string of the molecule is c1ccc(N(c2ccc3c(c2)oc2ccccc23)c2ccc3cc4c5c(cccc5c3c2)Oc2cc(N(c3ccccc3)c3cccc5c3oc3ccccc35)ccc2-4)cc1. The first-order valence-electron chi connectivity index (χ1n) is 20.6. The van der Waals surface area contributed by atoms with Crippen LogP contribution in [0.5, 0.6) is 11.5 Å². The maximum Gasteiger partial charge on any atom is 0.159 e. The van der Waals surface area contributed by atoms with E-state index in [9.17, 15) is 0 Å². The predicted octanol–water partition coefficient (Wildman–Crippen LogP) is 16.5. The number of ether oxygens (including phenoxy) is 1. The Morgan fingerprint density at radius 2 is 0.918 bits per heavy atom. The monoisotopic (exact) mass is 782 g/mol. The molecule has 286 valence electrons. The molecule has 0 radical (unpaired) electrons. The molecule has 5 heteroatoms. The quantitative estimate of drug-likeness (QED) is 0.157. The van der Waals surface area contributed by atoms with Gasteiger partial charge in [0.2, 0.25) is 0 Å². The zero-order chi connectivity index (χ0) is 40.0. The van der Waals surface area contributed by atoms with Gasteiger partial charge < -0.3 is 23.4 Å². The fourth-order valence-electron chi connectivity index (χ4n) is 9.47. The topological polar surface area (TPSA) is 42.0 Å². The number of nitrogens with zero attached hydrogens (tertiary/aromatic N) is 2. The Labute approximate surface area is 350 Å². The second kappa shape index (κ2) is 13.1. The normalized spacial score (nSPS) is 12.1. The van der Waals surface area contributed by atoms with E-state index in [1.807, 2.05) is 30.3 Å². The average Bonchev–Trinajstić information content (AvgIpc) is 3.89. The third-order valence-electron chi connectivity index (χ3n) is 12.2. The van der Waals surface area contributed by atoms with Crippen LogP contribution in [0, 0.1) is 0 Å². The molecule has 61 heavy (non-hydrogen) atoms. The lowest BCUT2D eigenvalue weighted by Crippen LogP contribution is -2.11. The highest BCUT2D eigenvalue weighted by Gasteiger charge is 2.26. The van der Waals surface area contributed by atoms with Crippen LogP contribution in [0.2, 0.25) is 0 Å². The molecule has 10 aromatic carbocycles. The van der Waals surface area contributed by atoms with E-state index in [1.54, 1.807) is 0 Å². The Hall–Kier alpha value is -8.28. The van der Waals surface area contributed by atoms with Gasteiger partial charge in [-0.1, -0.05) is 103 Å². The zero-order valence-electron chi connectivity index (χ0n) is 32.7. The molecule has 0 saturated carbocycles. The summed E-state index contributed by atoms with van der Waals surface area (Å²) in [6.07, 6.45) is 0. The van der Waals surface area contributed by atoms with Crippen molar-refractivity contribution in [3.05, 3.63) is 206 Å². The minimum atomic E-state index is 0.808. The van der Waals surface area contributed by atoms with Crippen molar-refractivity contribution in [1.82, 2.24) is 0 Å². The van der Waals surface area contributed by atoms with Gasteiger partial charge in [0, 0.05) is 67.4 Å². The maximum atomic E-state index is 6.91. The van der Waals surface area contributed by atoms with Crippen LogP contribution in [0.15, 0.2) is 215 Å². The molecule has 5 nitrogen and oxygen atoms in total. The van der Waals surface area contributed by atoms with Crippen LogP contribution in [-0.4, -0.2) is 0 Å².